The molecule has 0 atom stereocenters. The molecule has 6 heavy (non-hydrogen) atoms. The Balaban J connectivity index is 2.16. The third-order valence-corrected chi connectivity index (χ3v) is 1.93. The summed E-state index contributed by atoms with van der Waals surface area (Å²) in [6, 6.07) is 0.940. The van der Waals surface area contributed by atoms with Crippen LogP contribution in [0.2, 0.25) is 0 Å². The Morgan fingerprint density at radius 3 is 2.33 bits per heavy atom. The van der Waals surface area contributed by atoms with Crippen molar-refractivity contribution in [1.29, 1.82) is 0 Å². The normalized spacial score (nSPS) is 52.0. The maximum Gasteiger partial charge on any atom is 0.00734 e. The highest BCUT2D eigenvalue weighted by atomic mass is 15.0. The van der Waals surface area contributed by atoms with E-state index in [1.54, 1.807) is 0 Å². The Morgan fingerprint density at radius 1 is 1.33 bits per heavy atom. The van der Waals surface area contributed by atoms with Gasteiger partial charge in [-0.05, 0) is 25.3 Å². The van der Waals surface area contributed by atoms with Crippen LogP contribution in [0, 0.1) is 5.92 Å². The molecule has 3 aliphatic rings. The van der Waals surface area contributed by atoms with Crippen molar-refractivity contribution in [3.05, 3.63) is 0 Å². The topological polar surface area (TPSA) is 12.0 Å². The van der Waals surface area contributed by atoms with Gasteiger partial charge in [-0.3, -0.25) is 0 Å². The third kappa shape index (κ3) is 0.207. The molecule has 3 fully saturated rings. The van der Waals surface area contributed by atoms with Crippen molar-refractivity contribution in [3.8, 4) is 0 Å². The van der Waals surface area contributed by atoms with Crippen LogP contribution in [0.1, 0.15) is 12.8 Å². The first-order chi connectivity index (χ1) is 2.95. The van der Waals surface area contributed by atoms with E-state index in [1.807, 2.05) is 0 Å². The van der Waals surface area contributed by atoms with E-state index in [1.165, 1.54) is 19.4 Å². The van der Waals surface area contributed by atoms with Gasteiger partial charge >= 0.3 is 0 Å². The minimum atomic E-state index is 0.940. The Bertz CT molecular complexity index is 50.8. The zero-order chi connectivity index (χ0) is 3.98. The largest absolute Gasteiger partial charge is 0.314 e. The van der Waals surface area contributed by atoms with Gasteiger partial charge in [-0.1, -0.05) is 0 Å². The first-order valence-corrected chi connectivity index (χ1v) is 2.68. The fourth-order valence-electron chi connectivity index (χ4n) is 1.40. The second-order valence-electron chi connectivity index (χ2n) is 2.44. The molecule has 2 heterocycles. The molecule has 0 amide bonds. The van der Waals surface area contributed by atoms with Crippen molar-refractivity contribution in [2.24, 2.45) is 5.92 Å². The van der Waals surface area contributed by atoms with E-state index in [4.69, 9.17) is 0 Å². The van der Waals surface area contributed by atoms with Gasteiger partial charge < -0.3 is 5.32 Å². The minimum Gasteiger partial charge on any atom is -0.314 e. The number of fused-ring (bicyclic) bond motifs is 1. The zero-order valence-corrected chi connectivity index (χ0v) is 3.78. The highest BCUT2D eigenvalue weighted by Crippen LogP contribution is 2.32. The zero-order valence-electron chi connectivity index (χ0n) is 3.78. The van der Waals surface area contributed by atoms with Crippen LogP contribution in [0.5, 0.6) is 0 Å². The Kier molecular flexibility index (Phi) is 0.396. The molecule has 34 valence electrons. The van der Waals surface area contributed by atoms with Gasteiger partial charge in [0, 0.05) is 6.04 Å². The molecule has 1 saturated carbocycles. The Hall–Kier alpha value is -0.0400. The molecule has 1 nitrogen and oxygen atoms in total. The van der Waals surface area contributed by atoms with Crippen molar-refractivity contribution < 1.29 is 0 Å². The van der Waals surface area contributed by atoms with Crippen molar-refractivity contribution >= 4 is 0 Å². The number of hydrogen-bond donors (Lipinski definition) is 1. The van der Waals surface area contributed by atoms with Crippen molar-refractivity contribution in [2.75, 3.05) is 6.54 Å². The van der Waals surface area contributed by atoms with Gasteiger partial charge in [0.2, 0.25) is 0 Å². The summed E-state index contributed by atoms with van der Waals surface area (Å²) in [7, 11) is 0. The van der Waals surface area contributed by atoms with Crippen LogP contribution in [-0.2, 0) is 0 Å². The van der Waals surface area contributed by atoms with Gasteiger partial charge in [0.25, 0.3) is 0 Å². The van der Waals surface area contributed by atoms with Crippen molar-refractivity contribution in [2.45, 2.75) is 18.9 Å². The van der Waals surface area contributed by atoms with E-state index in [-0.39, 0.29) is 0 Å². The summed E-state index contributed by atoms with van der Waals surface area (Å²) in [5, 5.41) is 3.39. The lowest BCUT2D eigenvalue weighted by molar-refractivity contribution is 0.372. The maximum atomic E-state index is 3.39. The first-order valence-electron chi connectivity index (χ1n) is 2.68. The third-order valence-electron chi connectivity index (χ3n) is 1.93. The molecule has 1 aliphatic carbocycles. The molecule has 1 N–H and O–H groups in total. The van der Waals surface area contributed by atoms with E-state index < -0.39 is 0 Å². The van der Waals surface area contributed by atoms with E-state index in [9.17, 15) is 0 Å². The summed E-state index contributed by atoms with van der Waals surface area (Å²) in [5.41, 5.74) is 0. The van der Waals surface area contributed by atoms with Gasteiger partial charge in [-0.25, -0.2) is 0 Å². The molecule has 2 aliphatic heterocycles. The molecule has 2 saturated heterocycles. The van der Waals surface area contributed by atoms with Crippen LogP contribution in [0.25, 0.3) is 0 Å². The summed E-state index contributed by atoms with van der Waals surface area (Å²) in [5.74, 6) is 1.08. The molecule has 0 unspecified atom stereocenters. The van der Waals surface area contributed by atoms with Gasteiger partial charge in [-0.2, -0.15) is 0 Å². The first kappa shape index (κ1) is 3.03. The molecule has 0 radical (unpaired) electrons. The molecule has 0 aromatic heterocycles. The molecule has 0 aromatic carbocycles. The fraction of sp³-hybridized carbons (Fsp3) is 1.00. The summed E-state index contributed by atoms with van der Waals surface area (Å²) >= 11 is 0. The molecular weight excluding hydrogens is 74.1 g/mol. The predicted molar refractivity (Wildman–Crippen MR) is 24.5 cm³/mol. The van der Waals surface area contributed by atoms with Crippen LogP contribution in [0.15, 0.2) is 0 Å². The summed E-state index contributed by atoms with van der Waals surface area (Å²) < 4.78 is 0. The quantitative estimate of drug-likeness (QED) is 0.446. The van der Waals surface area contributed by atoms with Gasteiger partial charge in [0.15, 0.2) is 0 Å². The lowest BCUT2D eigenvalue weighted by atomic mass is 9.87. The SMILES string of the molecule is C1NC2CC1C2. The predicted octanol–water partition coefficient (Wildman–Crippen LogP) is 0.368. The maximum absolute atomic E-state index is 3.39. The number of nitrogens with one attached hydrogen (secondary N) is 1. The second-order valence-corrected chi connectivity index (χ2v) is 2.44. The fourth-order valence-corrected chi connectivity index (χ4v) is 1.40. The molecule has 1 heteroatoms. The average Bonchev–Trinajstić information content (AvgIpc) is 1.72. The Morgan fingerprint density at radius 2 is 2.17 bits per heavy atom. The average molecular weight is 83.1 g/mol. The van der Waals surface area contributed by atoms with Crippen LogP contribution in [-0.4, -0.2) is 12.6 Å². The minimum absolute atomic E-state index is 0.940. The summed E-state index contributed by atoms with van der Waals surface area (Å²) in [6.07, 6.45) is 2.94. The van der Waals surface area contributed by atoms with Crippen LogP contribution >= 0.6 is 0 Å². The van der Waals surface area contributed by atoms with E-state index in [0.717, 1.165) is 12.0 Å². The summed E-state index contributed by atoms with van der Waals surface area (Å²) in [6.45, 7) is 1.31. The molecular formula is C5H9N. The highest BCUT2D eigenvalue weighted by Gasteiger charge is 2.35. The number of hydrogen-bond acceptors (Lipinski definition) is 1. The van der Waals surface area contributed by atoms with Gasteiger partial charge in [-0.15, -0.1) is 0 Å². The lowest BCUT2D eigenvalue weighted by Crippen LogP contribution is -2.23. The van der Waals surface area contributed by atoms with E-state index >= 15 is 0 Å². The monoisotopic (exact) mass is 83.1 g/mol. The van der Waals surface area contributed by atoms with Crippen LogP contribution in [0.4, 0.5) is 0 Å². The molecule has 0 aromatic rings. The molecule has 2 bridgehead atoms. The lowest BCUT2D eigenvalue weighted by Gasteiger charge is -2.19. The van der Waals surface area contributed by atoms with Gasteiger partial charge in [0.1, 0.15) is 0 Å². The van der Waals surface area contributed by atoms with Crippen LogP contribution < -0.4 is 5.32 Å². The van der Waals surface area contributed by atoms with E-state index in [2.05, 4.69) is 5.32 Å². The standard InChI is InChI=1S/C5H9N/c1-4-2-5(1)6-3-4/h4-6H,1-3H2. The molecule has 0 spiro atoms. The van der Waals surface area contributed by atoms with Crippen LogP contribution in [0.3, 0.4) is 0 Å². The van der Waals surface area contributed by atoms with Gasteiger partial charge in [0.05, 0.1) is 0 Å². The van der Waals surface area contributed by atoms with Crippen molar-refractivity contribution in [3.63, 3.8) is 0 Å². The molecule has 3 rings (SSSR count). The number of rotatable bonds is 0. The van der Waals surface area contributed by atoms with Crippen molar-refractivity contribution in [1.82, 2.24) is 5.32 Å². The smallest absolute Gasteiger partial charge is 0.00734 e. The highest BCUT2D eigenvalue weighted by molar-refractivity contribution is 4.93. The Labute approximate surface area is 37.7 Å². The second kappa shape index (κ2) is 0.784. The van der Waals surface area contributed by atoms with E-state index in [0.29, 0.717) is 0 Å². The summed E-state index contributed by atoms with van der Waals surface area (Å²) in [4.78, 5) is 0.